The number of hydrogen-bond donors (Lipinski definition) is 0. The zero-order valence-corrected chi connectivity index (χ0v) is 13.4. The Bertz CT molecular complexity index is 1050. The third-order valence-electron chi connectivity index (χ3n) is 4.42. The molecule has 0 saturated carbocycles. The van der Waals surface area contributed by atoms with Crippen molar-refractivity contribution >= 4 is 39.8 Å². The van der Waals surface area contributed by atoms with Gasteiger partial charge in [0.25, 0.3) is 0 Å². The van der Waals surface area contributed by atoms with Gasteiger partial charge in [0.1, 0.15) is 0 Å². The summed E-state index contributed by atoms with van der Waals surface area (Å²) in [5.74, 6) is 0. The van der Waals surface area contributed by atoms with E-state index in [1.165, 1.54) is 32.7 Å². The van der Waals surface area contributed by atoms with Gasteiger partial charge in [-0.3, -0.25) is 0 Å². The predicted molar refractivity (Wildman–Crippen MR) is 107 cm³/mol. The number of rotatable bonds is 3. The second-order valence-electron chi connectivity index (χ2n) is 5.94. The first-order valence-electron chi connectivity index (χ1n) is 8.16. The molecular weight excluding hydrogens is 288 g/mol. The van der Waals surface area contributed by atoms with E-state index < -0.39 is 0 Å². The monoisotopic (exact) mass is 306 g/mol. The van der Waals surface area contributed by atoms with Crippen LogP contribution in [0.3, 0.4) is 0 Å². The number of benzene rings is 4. The summed E-state index contributed by atoms with van der Waals surface area (Å²) in [6.07, 6.45) is 6.29. The standard InChI is InChI=1S/C24H18/c1-2-19-13-14-22-16-20-10-6-7-11-21(20)17-24(22)23(19)15-12-18-8-4-3-5-9-18/h2-17H,1H2. The molecule has 0 saturated heterocycles. The molecule has 0 aromatic heterocycles. The lowest BCUT2D eigenvalue weighted by Crippen LogP contribution is -1.85. The molecule has 0 spiro atoms. The van der Waals surface area contributed by atoms with Crippen LogP contribution in [0.25, 0.3) is 39.8 Å². The highest BCUT2D eigenvalue weighted by molar-refractivity contribution is 6.04. The van der Waals surface area contributed by atoms with Gasteiger partial charge in [0, 0.05) is 0 Å². The van der Waals surface area contributed by atoms with Gasteiger partial charge < -0.3 is 0 Å². The summed E-state index contributed by atoms with van der Waals surface area (Å²) in [4.78, 5) is 0. The first-order chi connectivity index (χ1) is 11.8. The maximum Gasteiger partial charge on any atom is -0.00990 e. The Morgan fingerprint density at radius 3 is 2.08 bits per heavy atom. The van der Waals surface area contributed by atoms with Crippen LogP contribution >= 0.6 is 0 Å². The Labute approximate surface area is 142 Å². The summed E-state index contributed by atoms with van der Waals surface area (Å²) < 4.78 is 0. The molecule has 0 aliphatic heterocycles. The van der Waals surface area contributed by atoms with E-state index in [4.69, 9.17) is 0 Å². The van der Waals surface area contributed by atoms with Crippen LogP contribution < -0.4 is 0 Å². The van der Waals surface area contributed by atoms with Crippen LogP contribution in [0.5, 0.6) is 0 Å². The molecule has 0 aliphatic carbocycles. The van der Waals surface area contributed by atoms with Crippen LogP contribution in [-0.2, 0) is 0 Å². The van der Waals surface area contributed by atoms with E-state index in [1.54, 1.807) is 0 Å². The Balaban J connectivity index is 1.95. The molecule has 0 amide bonds. The van der Waals surface area contributed by atoms with E-state index in [0.29, 0.717) is 0 Å². The van der Waals surface area contributed by atoms with E-state index in [-0.39, 0.29) is 0 Å². The minimum Gasteiger partial charge on any atom is -0.0984 e. The molecule has 24 heavy (non-hydrogen) atoms. The molecule has 0 atom stereocenters. The summed E-state index contributed by atoms with van der Waals surface area (Å²) in [5, 5.41) is 5.06. The summed E-state index contributed by atoms with van der Waals surface area (Å²) in [7, 11) is 0. The van der Waals surface area contributed by atoms with Gasteiger partial charge >= 0.3 is 0 Å². The molecule has 0 aliphatic rings. The van der Waals surface area contributed by atoms with Crippen LogP contribution in [0.15, 0.2) is 85.4 Å². The van der Waals surface area contributed by atoms with Crippen LogP contribution in [0, 0.1) is 0 Å². The van der Waals surface area contributed by atoms with Gasteiger partial charge in [-0.2, -0.15) is 0 Å². The smallest absolute Gasteiger partial charge is 0.00990 e. The third-order valence-corrected chi connectivity index (χ3v) is 4.42. The van der Waals surface area contributed by atoms with Gasteiger partial charge in [-0.15, -0.1) is 0 Å². The zero-order valence-electron chi connectivity index (χ0n) is 13.4. The maximum atomic E-state index is 3.98. The Morgan fingerprint density at radius 1 is 0.625 bits per heavy atom. The van der Waals surface area contributed by atoms with E-state index >= 15 is 0 Å². The van der Waals surface area contributed by atoms with Crippen molar-refractivity contribution in [1.82, 2.24) is 0 Å². The van der Waals surface area contributed by atoms with E-state index in [9.17, 15) is 0 Å². The molecule has 4 aromatic rings. The quantitative estimate of drug-likeness (QED) is 0.288. The molecule has 0 heterocycles. The number of hydrogen-bond acceptors (Lipinski definition) is 0. The van der Waals surface area contributed by atoms with Crippen molar-refractivity contribution in [2.45, 2.75) is 0 Å². The molecule has 4 rings (SSSR count). The molecule has 0 unspecified atom stereocenters. The van der Waals surface area contributed by atoms with Crippen LogP contribution in [0.2, 0.25) is 0 Å². The molecule has 0 nitrogen and oxygen atoms in total. The van der Waals surface area contributed by atoms with Crippen LogP contribution in [-0.4, -0.2) is 0 Å². The highest BCUT2D eigenvalue weighted by Gasteiger charge is 2.05. The normalized spacial score (nSPS) is 11.3. The van der Waals surface area contributed by atoms with Crippen molar-refractivity contribution in [2.75, 3.05) is 0 Å². The number of fused-ring (bicyclic) bond motifs is 2. The van der Waals surface area contributed by atoms with Crippen molar-refractivity contribution in [3.8, 4) is 0 Å². The second kappa shape index (κ2) is 6.17. The SMILES string of the molecule is C=Cc1ccc2cc3ccccc3cc2c1C=Cc1ccccc1. The third kappa shape index (κ3) is 2.63. The van der Waals surface area contributed by atoms with Gasteiger partial charge in [-0.1, -0.05) is 91.5 Å². The average Bonchev–Trinajstić information content (AvgIpc) is 2.65. The van der Waals surface area contributed by atoms with Crippen LogP contribution in [0.1, 0.15) is 16.7 Å². The maximum absolute atomic E-state index is 3.98. The molecule has 0 fully saturated rings. The zero-order chi connectivity index (χ0) is 16.4. The van der Waals surface area contributed by atoms with Crippen molar-refractivity contribution in [1.29, 1.82) is 0 Å². The fourth-order valence-electron chi connectivity index (χ4n) is 3.16. The Morgan fingerprint density at radius 2 is 1.33 bits per heavy atom. The van der Waals surface area contributed by atoms with Crippen molar-refractivity contribution in [3.63, 3.8) is 0 Å². The summed E-state index contributed by atoms with van der Waals surface area (Å²) in [6, 6.07) is 27.8. The summed E-state index contributed by atoms with van der Waals surface area (Å²) >= 11 is 0. The predicted octanol–water partition coefficient (Wildman–Crippen LogP) is 6.81. The van der Waals surface area contributed by atoms with Crippen molar-refractivity contribution < 1.29 is 0 Å². The first-order valence-corrected chi connectivity index (χ1v) is 8.16. The van der Waals surface area contributed by atoms with Gasteiger partial charge in [-0.05, 0) is 50.4 Å². The van der Waals surface area contributed by atoms with Crippen molar-refractivity contribution in [2.24, 2.45) is 0 Å². The Hall–Kier alpha value is -3.12. The second-order valence-corrected chi connectivity index (χ2v) is 5.94. The largest absolute Gasteiger partial charge is 0.0984 e. The van der Waals surface area contributed by atoms with Gasteiger partial charge in [0.05, 0.1) is 0 Å². The molecule has 114 valence electrons. The lowest BCUT2D eigenvalue weighted by Gasteiger charge is -2.09. The fourth-order valence-corrected chi connectivity index (χ4v) is 3.16. The van der Waals surface area contributed by atoms with E-state index in [0.717, 1.165) is 5.56 Å². The molecule has 0 radical (unpaired) electrons. The highest BCUT2D eigenvalue weighted by atomic mass is 14.1. The fraction of sp³-hybridized carbons (Fsp3) is 0. The summed E-state index contributed by atoms with van der Waals surface area (Å²) in [5.41, 5.74) is 3.58. The minimum atomic E-state index is 1.16. The minimum absolute atomic E-state index is 1.16. The van der Waals surface area contributed by atoms with Crippen LogP contribution in [0.4, 0.5) is 0 Å². The molecule has 4 aromatic carbocycles. The van der Waals surface area contributed by atoms with E-state index in [2.05, 4.69) is 91.5 Å². The van der Waals surface area contributed by atoms with Gasteiger partial charge in [0.2, 0.25) is 0 Å². The van der Waals surface area contributed by atoms with Gasteiger partial charge in [-0.25, -0.2) is 0 Å². The molecule has 0 bridgehead atoms. The summed E-state index contributed by atoms with van der Waals surface area (Å²) in [6.45, 7) is 3.98. The highest BCUT2D eigenvalue weighted by Crippen LogP contribution is 2.29. The van der Waals surface area contributed by atoms with Crippen molar-refractivity contribution in [3.05, 3.63) is 102 Å². The molecular formula is C24H18. The molecule has 0 heteroatoms. The van der Waals surface area contributed by atoms with E-state index in [1.807, 2.05) is 12.1 Å². The first kappa shape index (κ1) is 14.5. The Kier molecular flexibility index (Phi) is 3.72. The lowest BCUT2D eigenvalue weighted by molar-refractivity contribution is 1.65. The van der Waals surface area contributed by atoms with Gasteiger partial charge in [0.15, 0.2) is 0 Å². The average molecular weight is 306 g/mol. The molecule has 0 N–H and O–H groups in total. The lowest BCUT2D eigenvalue weighted by atomic mass is 9.95. The topological polar surface area (TPSA) is 0 Å².